The molecule has 2 aliphatic carbocycles. The van der Waals surface area contributed by atoms with Gasteiger partial charge in [0.2, 0.25) is 5.88 Å². The van der Waals surface area contributed by atoms with Crippen LogP contribution in [0.4, 0.5) is 11.4 Å². The van der Waals surface area contributed by atoms with Crippen LogP contribution in [0.15, 0.2) is 85.2 Å². The van der Waals surface area contributed by atoms with Gasteiger partial charge in [-0.2, -0.15) is 5.10 Å². The molecular formula is C53H61ClN8O5. The van der Waals surface area contributed by atoms with Crippen molar-refractivity contribution < 1.29 is 24.5 Å². The van der Waals surface area contributed by atoms with E-state index in [1.54, 1.807) is 55.2 Å². The Labute approximate surface area is 397 Å². The van der Waals surface area contributed by atoms with Gasteiger partial charge in [-0.3, -0.25) is 9.59 Å². The van der Waals surface area contributed by atoms with Gasteiger partial charge in [-0.1, -0.05) is 61.8 Å². The molecule has 7 aromatic rings. The van der Waals surface area contributed by atoms with Gasteiger partial charge in [0.1, 0.15) is 5.75 Å². The lowest BCUT2D eigenvalue weighted by Gasteiger charge is -2.19. The molecule has 0 saturated heterocycles. The van der Waals surface area contributed by atoms with Crippen molar-refractivity contribution in [3.8, 4) is 34.1 Å². The molecule has 2 aliphatic rings. The second kappa shape index (κ2) is 19.2. The molecule has 3 aromatic carbocycles. The maximum Gasteiger partial charge on any atom is 0.239 e. The number of rotatable bonds is 17. The molecule has 9 rings (SSSR count). The van der Waals surface area contributed by atoms with Gasteiger partial charge >= 0.3 is 0 Å². The van der Waals surface area contributed by atoms with E-state index in [-0.39, 0.29) is 11.6 Å². The van der Waals surface area contributed by atoms with E-state index in [9.17, 15) is 19.8 Å². The highest BCUT2D eigenvalue weighted by molar-refractivity contribution is 6.29. The van der Waals surface area contributed by atoms with Crippen LogP contribution in [0.1, 0.15) is 123 Å². The van der Waals surface area contributed by atoms with Gasteiger partial charge in [-0.15, -0.1) is 5.10 Å². The van der Waals surface area contributed by atoms with Crippen molar-refractivity contribution in [1.29, 1.82) is 0 Å². The number of halogens is 1. The van der Waals surface area contributed by atoms with Crippen LogP contribution in [0.25, 0.3) is 33.8 Å². The zero-order valence-electron chi connectivity index (χ0n) is 39.7. The molecule has 0 spiro atoms. The third-order valence-electron chi connectivity index (χ3n) is 12.0. The van der Waals surface area contributed by atoms with Crippen molar-refractivity contribution in [2.45, 2.75) is 111 Å². The van der Waals surface area contributed by atoms with Crippen LogP contribution >= 0.6 is 11.6 Å². The molecule has 0 radical (unpaired) electrons. The first-order valence-corrected chi connectivity index (χ1v) is 23.6. The van der Waals surface area contributed by atoms with Crippen molar-refractivity contribution in [3.63, 3.8) is 0 Å². The highest BCUT2D eigenvalue weighted by Gasteiger charge is 2.27. The minimum atomic E-state index is -0.914. The minimum Gasteiger partial charge on any atom is -0.437 e. The molecule has 4 aromatic heterocycles. The average molecular weight is 926 g/mol. The third kappa shape index (κ3) is 11.9. The Morgan fingerprint density at radius 3 is 1.67 bits per heavy atom. The zero-order valence-corrected chi connectivity index (χ0v) is 40.4. The fourth-order valence-corrected chi connectivity index (χ4v) is 8.11. The summed E-state index contributed by atoms with van der Waals surface area (Å²) in [5, 5.41) is 36.3. The van der Waals surface area contributed by atoms with Gasteiger partial charge in [-0.05, 0) is 126 Å². The molecule has 14 heteroatoms. The largest absolute Gasteiger partial charge is 0.437 e. The smallest absolute Gasteiger partial charge is 0.239 e. The number of benzene rings is 3. The lowest BCUT2D eigenvalue weighted by molar-refractivity contribution is 0.0939. The summed E-state index contributed by atoms with van der Waals surface area (Å²) in [4.78, 5) is 34.4. The molecule has 2 saturated carbocycles. The van der Waals surface area contributed by atoms with Crippen molar-refractivity contribution >= 4 is 45.8 Å². The number of aliphatic hydroxyl groups is 2. The fourth-order valence-electron chi connectivity index (χ4n) is 7.93. The van der Waals surface area contributed by atoms with E-state index in [0.717, 1.165) is 57.6 Å². The van der Waals surface area contributed by atoms with Crippen LogP contribution in [0.3, 0.4) is 0 Å². The summed E-state index contributed by atoms with van der Waals surface area (Å²) in [6.45, 7) is 15.9. The summed E-state index contributed by atoms with van der Waals surface area (Å²) in [5.74, 6) is 3.04. The van der Waals surface area contributed by atoms with Gasteiger partial charge in [0.05, 0.1) is 46.4 Å². The van der Waals surface area contributed by atoms with E-state index in [2.05, 4.69) is 45.6 Å². The van der Waals surface area contributed by atoms with Gasteiger partial charge in [0.15, 0.2) is 28.0 Å². The Hall–Kier alpha value is -6.15. The number of carbonyl (C=O) groups is 2. The Morgan fingerprint density at radius 1 is 0.716 bits per heavy atom. The summed E-state index contributed by atoms with van der Waals surface area (Å²) in [6.07, 6.45) is 9.45. The van der Waals surface area contributed by atoms with Crippen LogP contribution in [0, 0.1) is 25.7 Å². The van der Waals surface area contributed by atoms with Gasteiger partial charge in [0, 0.05) is 60.3 Å². The van der Waals surface area contributed by atoms with E-state index >= 15 is 0 Å². The number of aryl methyl sites for hydroxylation is 2. The topological polar surface area (TPSA) is 168 Å². The lowest BCUT2D eigenvalue weighted by Crippen LogP contribution is -2.29. The third-order valence-corrected chi connectivity index (χ3v) is 12.2. The fraction of sp³-hybridized carbons (Fsp3) is 0.396. The molecule has 13 nitrogen and oxygen atoms in total. The summed E-state index contributed by atoms with van der Waals surface area (Å²) < 4.78 is 9.67. The number of imidazole rings is 2. The molecule has 4 N–H and O–H groups in total. The van der Waals surface area contributed by atoms with Gasteiger partial charge in [-0.25, -0.2) is 19.0 Å². The molecule has 0 amide bonds. The Morgan fingerprint density at radius 2 is 1.21 bits per heavy atom. The quantitative estimate of drug-likeness (QED) is 0.0642. The Bertz CT molecular complexity index is 2950. The Kier molecular flexibility index (Phi) is 13.6. The summed E-state index contributed by atoms with van der Waals surface area (Å²) in [6, 6.07) is 23.2. The predicted molar refractivity (Wildman–Crippen MR) is 265 cm³/mol. The number of ketones is 2. The number of nitrogens with zero attached hydrogens (tertiary/aromatic N) is 6. The molecule has 0 aliphatic heterocycles. The number of nitrogens with one attached hydrogen (secondary N) is 2. The first-order valence-electron chi connectivity index (χ1n) is 23.2. The molecule has 0 atom stereocenters. The van der Waals surface area contributed by atoms with Crippen molar-refractivity contribution in [1.82, 2.24) is 29.2 Å². The number of hydrogen-bond donors (Lipinski definition) is 4. The van der Waals surface area contributed by atoms with Crippen LogP contribution < -0.4 is 15.4 Å². The molecule has 350 valence electrons. The first-order chi connectivity index (χ1) is 31.8. The summed E-state index contributed by atoms with van der Waals surface area (Å²) >= 11 is 6.24. The number of aromatic nitrogens is 6. The number of Topliss-reactive ketones (excluding diaryl/α,β-unsaturated/α-hetero) is 2. The number of fused-ring (bicyclic) bond motifs is 2. The highest BCUT2D eigenvalue weighted by Crippen LogP contribution is 2.36. The summed E-state index contributed by atoms with van der Waals surface area (Å²) in [7, 11) is 0. The van der Waals surface area contributed by atoms with E-state index in [1.165, 1.54) is 18.4 Å². The number of ether oxygens (including phenoxy) is 1. The second-order valence-corrected chi connectivity index (χ2v) is 20.3. The Balaban J connectivity index is 0.000000188. The number of carbonyl (C=O) groups excluding carboxylic acids is 2. The predicted octanol–water partition coefficient (Wildman–Crippen LogP) is 11.3. The maximum atomic E-state index is 12.7. The van der Waals surface area contributed by atoms with Gasteiger partial charge in [0.25, 0.3) is 0 Å². The zero-order chi connectivity index (χ0) is 47.8. The van der Waals surface area contributed by atoms with Crippen molar-refractivity contribution in [2.24, 2.45) is 11.8 Å². The normalized spacial score (nSPS) is 14.0. The standard InChI is InChI=1S/C31H36N4O3.C22H25ClN4O2/c1-19(2)22-7-6-8-24(15-22)38-29-16-26(33-18-31(4,5)37)30-32-17-27(35(30)34-29)23-11-12-25(20(3)13-23)28(36)14-21-9-10-21;1-13-8-15(6-7-16(13)19(28)9-14-4-5-14)18-11-24-21-17(25-12-22(2,3)29)10-20(23)26-27(18)21/h6-8,11-13,15-17,19,21,33,37H,9-10,14,18H2,1-5H3;6-8,10-11,14,25,29H,4-5,9,12H2,1-3H3. The molecule has 67 heavy (non-hydrogen) atoms. The first kappa shape index (κ1) is 47.3. The van der Waals surface area contributed by atoms with Crippen molar-refractivity contribution in [3.05, 3.63) is 118 Å². The molecule has 0 unspecified atom stereocenters. The molecular weight excluding hydrogens is 864 g/mol. The number of anilines is 2. The van der Waals surface area contributed by atoms with Crippen LogP contribution in [0.2, 0.25) is 5.15 Å². The molecule has 0 bridgehead atoms. The van der Waals surface area contributed by atoms with Crippen LogP contribution in [0.5, 0.6) is 11.6 Å². The van der Waals surface area contributed by atoms with Crippen molar-refractivity contribution in [2.75, 3.05) is 23.7 Å². The molecule has 2 fully saturated rings. The SMILES string of the molecule is Cc1cc(-c2cnc3c(NCC(C)(C)O)cc(Cl)nn23)ccc1C(=O)CC1CC1.Cc1cc(-c2cnc3c(NCC(C)(C)O)cc(Oc4cccc(C(C)C)c4)nn23)ccc1C(=O)CC1CC1. The van der Waals surface area contributed by atoms with Crippen LogP contribution in [-0.4, -0.2) is 75.3 Å². The van der Waals surface area contributed by atoms with Gasteiger partial charge < -0.3 is 25.6 Å². The highest BCUT2D eigenvalue weighted by atomic mass is 35.5. The number of hydrogen-bond acceptors (Lipinski definition) is 11. The second-order valence-electron chi connectivity index (χ2n) is 19.9. The minimum absolute atomic E-state index is 0.213. The van der Waals surface area contributed by atoms with E-state index in [4.69, 9.17) is 21.4 Å². The average Bonchev–Trinajstić information content (AvgIpc) is 4.18. The van der Waals surface area contributed by atoms with Crippen LogP contribution in [-0.2, 0) is 0 Å². The maximum absolute atomic E-state index is 12.7. The monoisotopic (exact) mass is 924 g/mol. The van der Waals surface area contributed by atoms with E-state index in [0.29, 0.717) is 83.1 Å². The van der Waals surface area contributed by atoms with E-state index < -0.39 is 11.2 Å². The molecule has 4 heterocycles. The van der Waals surface area contributed by atoms with E-state index in [1.807, 2.05) is 74.5 Å². The summed E-state index contributed by atoms with van der Waals surface area (Å²) in [5.41, 5.74) is 8.92. The lowest BCUT2D eigenvalue weighted by atomic mass is 9.98.